The minimum Gasteiger partial charge on any atom is -0.508 e. The number of H-pyrrole nitrogens is 2. The molecule has 2 aromatic carbocycles. The summed E-state index contributed by atoms with van der Waals surface area (Å²) in [6, 6.07) is 10.3. The van der Waals surface area contributed by atoms with E-state index >= 15 is 0 Å². The second-order valence-electron chi connectivity index (χ2n) is 8.16. The first-order valence-corrected chi connectivity index (χ1v) is 10.8. The number of methoxy groups -OCH3 is 2. The van der Waals surface area contributed by atoms with Gasteiger partial charge in [0.05, 0.1) is 25.7 Å². The first-order chi connectivity index (χ1) is 15.9. The molecule has 1 aliphatic heterocycles. The standard InChI is InChI=1S/C24H22ClN3O5/c1-32-18-6-3-11(9-19(18)33-2)12-7-15-21(17(30)8-12)20(14-10-13(25)4-5-16(14)29)22-23(26-15)27-28-24(22)31/h3-6,9-10,12,20,29H,7-8H2,1-2H3,(H3,26,27,28,31)/t12-,20+/m1/s1. The van der Waals surface area contributed by atoms with Gasteiger partial charge in [-0.2, -0.15) is 0 Å². The molecule has 1 aliphatic carbocycles. The molecule has 2 heterocycles. The number of fused-ring (bicyclic) bond motifs is 1. The molecule has 0 radical (unpaired) electrons. The predicted octanol–water partition coefficient (Wildman–Crippen LogP) is 4.04. The van der Waals surface area contributed by atoms with E-state index in [-0.39, 0.29) is 29.4 Å². The monoisotopic (exact) mass is 467 g/mol. The number of Topliss-reactive ketones (excluding diaryl/α,β-unsaturated/α-hetero) is 1. The number of aromatic nitrogens is 2. The fourth-order valence-corrected chi connectivity index (χ4v) is 5.01. The average Bonchev–Trinajstić information content (AvgIpc) is 3.19. The largest absolute Gasteiger partial charge is 0.508 e. The Bertz CT molecular complexity index is 1360. The third-order valence-electron chi connectivity index (χ3n) is 6.36. The summed E-state index contributed by atoms with van der Waals surface area (Å²) in [5.74, 6) is 0.735. The van der Waals surface area contributed by atoms with Crippen LogP contribution in [-0.2, 0) is 4.79 Å². The zero-order valence-corrected chi connectivity index (χ0v) is 18.7. The summed E-state index contributed by atoms with van der Waals surface area (Å²) < 4.78 is 10.8. The summed E-state index contributed by atoms with van der Waals surface area (Å²) in [5.41, 5.74) is 2.54. The molecule has 170 valence electrons. The van der Waals surface area contributed by atoms with Gasteiger partial charge in [0.15, 0.2) is 17.3 Å². The van der Waals surface area contributed by atoms with E-state index in [4.69, 9.17) is 21.1 Å². The zero-order valence-electron chi connectivity index (χ0n) is 18.0. The van der Waals surface area contributed by atoms with Gasteiger partial charge in [0.2, 0.25) is 0 Å². The number of carbonyl (C=O) groups is 1. The Balaban J connectivity index is 1.61. The van der Waals surface area contributed by atoms with Crippen molar-refractivity contribution in [1.29, 1.82) is 0 Å². The highest BCUT2D eigenvalue weighted by Crippen LogP contribution is 2.49. The normalized spacial score (nSPS) is 19.5. The Morgan fingerprint density at radius 3 is 2.55 bits per heavy atom. The number of phenolic OH excluding ortho intramolecular Hbond substituents is 1. The van der Waals surface area contributed by atoms with E-state index in [1.807, 2.05) is 18.2 Å². The van der Waals surface area contributed by atoms with Crippen LogP contribution < -0.4 is 20.3 Å². The molecule has 0 bridgehead atoms. The van der Waals surface area contributed by atoms with Gasteiger partial charge < -0.3 is 19.9 Å². The Kier molecular flexibility index (Phi) is 5.17. The summed E-state index contributed by atoms with van der Waals surface area (Å²) in [5, 5.41) is 19.7. The van der Waals surface area contributed by atoms with Crippen molar-refractivity contribution in [3.63, 3.8) is 0 Å². The van der Waals surface area contributed by atoms with E-state index in [1.54, 1.807) is 26.4 Å². The Hall–Kier alpha value is -3.65. The van der Waals surface area contributed by atoms with Crippen molar-refractivity contribution >= 4 is 23.2 Å². The van der Waals surface area contributed by atoms with Gasteiger partial charge in [-0.3, -0.25) is 19.8 Å². The van der Waals surface area contributed by atoms with E-state index in [0.29, 0.717) is 51.2 Å². The predicted molar refractivity (Wildman–Crippen MR) is 124 cm³/mol. The number of ether oxygens (including phenoxy) is 2. The molecule has 8 nitrogen and oxygen atoms in total. The van der Waals surface area contributed by atoms with Crippen molar-refractivity contribution < 1.29 is 19.4 Å². The fourth-order valence-electron chi connectivity index (χ4n) is 4.83. The number of anilines is 1. The SMILES string of the molecule is COc1ccc([C@H]2CC(=O)C3=C(C2)Nc2[nH][nH]c(=O)c2[C@H]3c2cc(Cl)ccc2O)cc1OC. The quantitative estimate of drug-likeness (QED) is 0.460. The topological polar surface area (TPSA) is 116 Å². The third kappa shape index (κ3) is 3.47. The minimum absolute atomic E-state index is 0.0282. The van der Waals surface area contributed by atoms with Gasteiger partial charge in [-0.25, -0.2) is 0 Å². The van der Waals surface area contributed by atoms with E-state index in [2.05, 4.69) is 15.5 Å². The van der Waals surface area contributed by atoms with Crippen LogP contribution in [0.15, 0.2) is 52.5 Å². The lowest BCUT2D eigenvalue weighted by Gasteiger charge is -2.35. The van der Waals surface area contributed by atoms with Gasteiger partial charge in [0.1, 0.15) is 11.6 Å². The maximum atomic E-state index is 13.5. The number of nitrogens with one attached hydrogen (secondary N) is 3. The lowest BCUT2D eigenvalue weighted by atomic mass is 9.72. The Morgan fingerprint density at radius 1 is 1.00 bits per heavy atom. The molecule has 33 heavy (non-hydrogen) atoms. The van der Waals surface area contributed by atoms with Crippen molar-refractivity contribution in [2.45, 2.75) is 24.7 Å². The Morgan fingerprint density at radius 2 is 1.79 bits per heavy atom. The number of ketones is 1. The van der Waals surface area contributed by atoms with Gasteiger partial charge in [0.25, 0.3) is 5.56 Å². The molecule has 0 spiro atoms. The van der Waals surface area contributed by atoms with Gasteiger partial charge in [-0.1, -0.05) is 17.7 Å². The number of aromatic hydroxyl groups is 1. The second kappa shape index (κ2) is 8.04. The van der Waals surface area contributed by atoms with Crippen LogP contribution in [0.5, 0.6) is 17.2 Å². The molecular formula is C24H22ClN3O5. The van der Waals surface area contributed by atoms with E-state index < -0.39 is 5.92 Å². The zero-order chi connectivity index (χ0) is 23.3. The van der Waals surface area contributed by atoms with Crippen molar-refractivity contribution in [2.24, 2.45) is 0 Å². The molecular weight excluding hydrogens is 446 g/mol. The second-order valence-corrected chi connectivity index (χ2v) is 8.60. The van der Waals surface area contributed by atoms with E-state index in [1.165, 1.54) is 6.07 Å². The summed E-state index contributed by atoms with van der Waals surface area (Å²) in [6.45, 7) is 0. The molecule has 4 N–H and O–H groups in total. The van der Waals surface area contributed by atoms with Crippen LogP contribution in [0.25, 0.3) is 0 Å². The van der Waals surface area contributed by atoms with Crippen LogP contribution in [0.1, 0.15) is 41.4 Å². The molecule has 3 aromatic rings. The molecule has 2 atom stereocenters. The molecule has 0 saturated carbocycles. The van der Waals surface area contributed by atoms with E-state index in [0.717, 1.165) is 5.56 Å². The smallest absolute Gasteiger partial charge is 0.270 e. The molecule has 0 fully saturated rings. The molecule has 1 aromatic heterocycles. The number of aromatic amines is 2. The number of phenols is 1. The number of allylic oxidation sites excluding steroid dienone is 2. The first-order valence-electron chi connectivity index (χ1n) is 10.4. The van der Waals surface area contributed by atoms with Crippen LogP contribution in [0.4, 0.5) is 5.82 Å². The summed E-state index contributed by atoms with van der Waals surface area (Å²) >= 11 is 6.20. The van der Waals surface area contributed by atoms with Crippen molar-refractivity contribution in [3.05, 3.63) is 79.7 Å². The number of hydrogen-bond acceptors (Lipinski definition) is 6. The molecule has 2 aliphatic rings. The molecule has 0 saturated heterocycles. The van der Waals surface area contributed by atoms with Gasteiger partial charge >= 0.3 is 0 Å². The Labute approximate surface area is 194 Å². The first kappa shape index (κ1) is 21.2. The van der Waals surface area contributed by atoms with Gasteiger partial charge in [-0.15, -0.1) is 0 Å². The number of halogens is 1. The number of hydrogen-bond donors (Lipinski definition) is 4. The van der Waals surface area contributed by atoms with Crippen molar-refractivity contribution in [3.8, 4) is 17.2 Å². The fraction of sp³-hybridized carbons (Fsp3) is 0.250. The molecule has 0 amide bonds. The van der Waals surface area contributed by atoms with Crippen LogP contribution in [0.2, 0.25) is 5.02 Å². The van der Waals surface area contributed by atoms with Crippen LogP contribution in [0, 0.1) is 0 Å². The number of carbonyl (C=O) groups excluding carboxylic acids is 1. The van der Waals surface area contributed by atoms with Crippen molar-refractivity contribution in [2.75, 3.05) is 19.5 Å². The number of benzene rings is 2. The van der Waals surface area contributed by atoms with Crippen LogP contribution >= 0.6 is 11.6 Å². The highest BCUT2D eigenvalue weighted by atomic mass is 35.5. The molecule has 9 heteroatoms. The van der Waals surface area contributed by atoms with E-state index in [9.17, 15) is 14.7 Å². The highest BCUT2D eigenvalue weighted by Gasteiger charge is 2.41. The maximum Gasteiger partial charge on any atom is 0.270 e. The van der Waals surface area contributed by atoms with Gasteiger partial charge in [-0.05, 0) is 48.2 Å². The van der Waals surface area contributed by atoms with Crippen LogP contribution in [-0.4, -0.2) is 35.3 Å². The summed E-state index contributed by atoms with van der Waals surface area (Å²) in [7, 11) is 3.15. The van der Waals surface area contributed by atoms with Gasteiger partial charge in [0, 0.05) is 28.3 Å². The summed E-state index contributed by atoms with van der Waals surface area (Å²) in [4.78, 5) is 26.2. The van der Waals surface area contributed by atoms with Crippen LogP contribution in [0.3, 0.4) is 0 Å². The summed E-state index contributed by atoms with van der Waals surface area (Å²) in [6.07, 6.45) is 0.798. The lowest BCUT2D eigenvalue weighted by molar-refractivity contribution is -0.116. The number of rotatable bonds is 4. The molecule has 0 unspecified atom stereocenters. The maximum absolute atomic E-state index is 13.5. The highest BCUT2D eigenvalue weighted by molar-refractivity contribution is 6.30. The minimum atomic E-state index is -0.733. The van der Waals surface area contributed by atoms with Crippen molar-refractivity contribution in [1.82, 2.24) is 10.2 Å². The lowest BCUT2D eigenvalue weighted by Crippen LogP contribution is -2.31. The third-order valence-corrected chi connectivity index (χ3v) is 6.59. The average molecular weight is 468 g/mol. The molecule has 5 rings (SSSR count).